The number of fused-ring (bicyclic) bond motifs is 1. The number of thiazole rings is 1. The van der Waals surface area contributed by atoms with E-state index < -0.39 is 17.7 Å². The number of hydrogen-bond acceptors (Lipinski definition) is 5. The van der Waals surface area contributed by atoms with Crippen LogP contribution in [0, 0.1) is 13.8 Å². The third-order valence-corrected chi connectivity index (χ3v) is 7.44. The fraction of sp³-hybridized carbons (Fsp3) is 0.207. The van der Waals surface area contributed by atoms with Crippen LogP contribution >= 0.6 is 11.3 Å². The number of rotatable bonds is 4. The number of carbonyl (C=O) groups excluding carboxylic acids is 2. The van der Waals surface area contributed by atoms with Gasteiger partial charge in [-0.3, -0.25) is 14.5 Å². The lowest BCUT2D eigenvalue weighted by Gasteiger charge is -2.23. The molecular formula is C29H26N2O3S. The topological polar surface area (TPSA) is 70.5 Å². The van der Waals surface area contributed by atoms with Crippen LogP contribution in [0.4, 0.5) is 5.13 Å². The molecule has 1 aromatic heterocycles. The highest BCUT2D eigenvalue weighted by Crippen LogP contribution is 2.44. The molecule has 176 valence electrons. The van der Waals surface area contributed by atoms with Crippen LogP contribution in [0.5, 0.6) is 0 Å². The molecule has 0 aliphatic carbocycles. The van der Waals surface area contributed by atoms with Crippen molar-refractivity contribution in [3.63, 3.8) is 0 Å². The van der Waals surface area contributed by atoms with E-state index in [1.54, 1.807) is 24.3 Å². The molecule has 3 aromatic carbocycles. The van der Waals surface area contributed by atoms with Gasteiger partial charge in [-0.2, -0.15) is 0 Å². The van der Waals surface area contributed by atoms with Gasteiger partial charge in [0.2, 0.25) is 0 Å². The minimum absolute atomic E-state index is 0.0747. The summed E-state index contributed by atoms with van der Waals surface area (Å²) in [5, 5.41) is 11.7. The van der Waals surface area contributed by atoms with E-state index in [9.17, 15) is 14.7 Å². The molecule has 35 heavy (non-hydrogen) atoms. The number of amides is 1. The smallest absolute Gasteiger partial charge is 0.301 e. The molecule has 0 spiro atoms. The first-order valence-corrected chi connectivity index (χ1v) is 12.4. The van der Waals surface area contributed by atoms with Crippen molar-refractivity contribution in [1.29, 1.82) is 0 Å². The lowest BCUT2D eigenvalue weighted by molar-refractivity contribution is -0.132. The predicted molar refractivity (Wildman–Crippen MR) is 141 cm³/mol. The molecule has 1 saturated heterocycles. The molecule has 1 amide bonds. The number of ketones is 1. The van der Waals surface area contributed by atoms with E-state index >= 15 is 0 Å². The molecule has 0 radical (unpaired) electrons. The van der Waals surface area contributed by atoms with Crippen molar-refractivity contribution in [2.75, 3.05) is 4.90 Å². The number of aliphatic hydroxyl groups excluding tert-OH is 1. The van der Waals surface area contributed by atoms with Crippen molar-refractivity contribution in [3.05, 3.63) is 100 Å². The highest BCUT2D eigenvalue weighted by atomic mass is 32.1. The molecule has 1 unspecified atom stereocenters. The number of aromatic nitrogens is 1. The zero-order valence-corrected chi connectivity index (χ0v) is 20.9. The number of aryl methyl sites for hydroxylation is 2. The first kappa shape index (κ1) is 23.0. The van der Waals surface area contributed by atoms with Gasteiger partial charge in [0.25, 0.3) is 5.78 Å². The maximum atomic E-state index is 13.4. The second kappa shape index (κ2) is 8.78. The highest BCUT2D eigenvalue weighted by molar-refractivity contribution is 7.22. The molecule has 1 aliphatic rings. The van der Waals surface area contributed by atoms with E-state index in [2.05, 4.69) is 19.9 Å². The summed E-state index contributed by atoms with van der Waals surface area (Å²) < 4.78 is 0.955. The van der Waals surface area contributed by atoms with Crippen molar-refractivity contribution in [3.8, 4) is 0 Å². The molecule has 1 atom stereocenters. The van der Waals surface area contributed by atoms with Crippen LogP contribution in [-0.4, -0.2) is 21.8 Å². The SMILES string of the molecule is Cc1cc(C)c2nc(N3C(=O)C(=O)/C(=C(/O)c4ccccc4)C3c3ccc(C(C)C)cc3)sc2c1. The Hall–Kier alpha value is -3.77. The molecule has 1 N–H and O–H groups in total. The Morgan fingerprint density at radius 3 is 2.34 bits per heavy atom. The first-order valence-electron chi connectivity index (χ1n) is 11.6. The Labute approximate surface area is 208 Å². The van der Waals surface area contributed by atoms with Gasteiger partial charge in [-0.05, 0) is 48.1 Å². The quantitative estimate of drug-likeness (QED) is 0.200. The molecule has 5 rings (SSSR count). The Morgan fingerprint density at radius 2 is 1.69 bits per heavy atom. The predicted octanol–water partition coefficient (Wildman–Crippen LogP) is 6.66. The summed E-state index contributed by atoms with van der Waals surface area (Å²) in [6.07, 6.45) is 0. The standard InChI is InChI=1S/C29H26N2O3S/c1-16(2)19-10-12-20(13-11-19)25-23(26(32)21-8-6-5-7-9-21)27(33)28(34)31(25)29-30-24-18(4)14-17(3)15-22(24)35-29/h5-16,25,32H,1-4H3/b26-23+. The van der Waals surface area contributed by atoms with Crippen molar-refractivity contribution in [1.82, 2.24) is 4.98 Å². The lowest BCUT2D eigenvalue weighted by atomic mass is 9.93. The molecule has 4 aromatic rings. The summed E-state index contributed by atoms with van der Waals surface area (Å²) in [5.74, 6) is -1.24. The molecular weight excluding hydrogens is 456 g/mol. The van der Waals surface area contributed by atoms with Crippen LogP contribution in [-0.2, 0) is 9.59 Å². The monoisotopic (exact) mass is 482 g/mol. The van der Waals surface area contributed by atoms with Gasteiger partial charge in [-0.1, -0.05) is 85.8 Å². The van der Waals surface area contributed by atoms with E-state index in [0.29, 0.717) is 16.6 Å². The highest BCUT2D eigenvalue weighted by Gasteiger charge is 2.48. The summed E-state index contributed by atoms with van der Waals surface area (Å²) in [6.45, 7) is 8.24. The van der Waals surface area contributed by atoms with Gasteiger partial charge in [0.1, 0.15) is 5.76 Å². The number of Topliss-reactive ketones (excluding diaryl/α,β-unsaturated/α-hetero) is 1. The van der Waals surface area contributed by atoms with Crippen LogP contribution in [0.1, 0.15) is 53.6 Å². The fourth-order valence-electron chi connectivity index (χ4n) is 4.62. The van der Waals surface area contributed by atoms with Gasteiger partial charge in [0.15, 0.2) is 5.13 Å². The zero-order valence-electron chi connectivity index (χ0n) is 20.1. The van der Waals surface area contributed by atoms with E-state index in [-0.39, 0.29) is 11.3 Å². The maximum absolute atomic E-state index is 13.4. The largest absolute Gasteiger partial charge is 0.507 e. The number of anilines is 1. The molecule has 0 bridgehead atoms. The van der Waals surface area contributed by atoms with Gasteiger partial charge < -0.3 is 5.11 Å². The molecule has 2 heterocycles. The van der Waals surface area contributed by atoms with Gasteiger partial charge in [-0.15, -0.1) is 0 Å². The van der Waals surface area contributed by atoms with E-state index in [1.807, 2.05) is 50.2 Å². The summed E-state index contributed by atoms with van der Waals surface area (Å²) in [7, 11) is 0. The van der Waals surface area contributed by atoms with E-state index in [0.717, 1.165) is 32.5 Å². The zero-order chi connectivity index (χ0) is 24.9. The van der Waals surface area contributed by atoms with Crippen LogP contribution in [0.25, 0.3) is 16.0 Å². The summed E-state index contributed by atoms with van der Waals surface area (Å²) in [5.41, 5.74) is 5.40. The first-order chi connectivity index (χ1) is 16.8. The van der Waals surface area contributed by atoms with Gasteiger partial charge >= 0.3 is 5.91 Å². The van der Waals surface area contributed by atoms with Gasteiger partial charge in [0.05, 0.1) is 21.8 Å². The molecule has 6 heteroatoms. The Balaban J connectivity index is 1.73. The summed E-state index contributed by atoms with van der Waals surface area (Å²) in [4.78, 5) is 33.0. The van der Waals surface area contributed by atoms with Crippen molar-refractivity contribution in [2.24, 2.45) is 0 Å². The number of aliphatic hydroxyl groups is 1. The Kier molecular flexibility index (Phi) is 5.77. The number of hydrogen-bond donors (Lipinski definition) is 1. The van der Waals surface area contributed by atoms with Gasteiger partial charge in [0, 0.05) is 5.56 Å². The van der Waals surface area contributed by atoms with Crippen LogP contribution in [0.3, 0.4) is 0 Å². The fourth-order valence-corrected chi connectivity index (χ4v) is 5.79. The third kappa shape index (κ3) is 3.94. The Morgan fingerprint density at radius 1 is 1.00 bits per heavy atom. The van der Waals surface area contributed by atoms with Crippen LogP contribution in [0.2, 0.25) is 0 Å². The summed E-state index contributed by atoms with van der Waals surface area (Å²) in [6, 6.07) is 20.1. The molecule has 5 nitrogen and oxygen atoms in total. The number of benzene rings is 3. The van der Waals surface area contributed by atoms with Crippen molar-refractivity contribution >= 4 is 44.1 Å². The number of nitrogens with zero attached hydrogens (tertiary/aromatic N) is 2. The second-order valence-electron chi connectivity index (χ2n) is 9.28. The average Bonchev–Trinajstić information content (AvgIpc) is 3.38. The average molecular weight is 483 g/mol. The van der Waals surface area contributed by atoms with Gasteiger partial charge in [-0.25, -0.2) is 4.98 Å². The third-order valence-electron chi connectivity index (χ3n) is 6.44. The second-order valence-corrected chi connectivity index (χ2v) is 10.3. The van der Waals surface area contributed by atoms with Crippen LogP contribution < -0.4 is 4.90 Å². The van der Waals surface area contributed by atoms with E-state index in [4.69, 9.17) is 4.98 Å². The van der Waals surface area contributed by atoms with Crippen molar-refractivity contribution < 1.29 is 14.7 Å². The molecule has 1 fully saturated rings. The summed E-state index contributed by atoms with van der Waals surface area (Å²) >= 11 is 1.38. The van der Waals surface area contributed by atoms with E-state index in [1.165, 1.54) is 16.2 Å². The maximum Gasteiger partial charge on any atom is 0.301 e. The van der Waals surface area contributed by atoms with Crippen LogP contribution in [0.15, 0.2) is 72.3 Å². The minimum atomic E-state index is -0.779. The minimum Gasteiger partial charge on any atom is -0.507 e. The lowest BCUT2D eigenvalue weighted by Crippen LogP contribution is -2.29. The molecule has 1 aliphatic heterocycles. The number of carbonyl (C=O) groups is 2. The normalized spacial score (nSPS) is 17.6. The molecule has 0 saturated carbocycles. The van der Waals surface area contributed by atoms with Crippen molar-refractivity contribution in [2.45, 2.75) is 39.7 Å². The Bertz CT molecular complexity index is 1480.